The largest absolute Gasteiger partial charge is 0.497 e. The highest BCUT2D eigenvalue weighted by Gasteiger charge is 2.23. The van der Waals surface area contributed by atoms with Crippen LogP contribution in [0, 0.1) is 18.8 Å². The van der Waals surface area contributed by atoms with Crippen LogP contribution in [0.5, 0.6) is 5.75 Å². The number of aryl methyl sites for hydroxylation is 1. The summed E-state index contributed by atoms with van der Waals surface area (Å²) in [6.45, 7) is 1.73. The summed E-state index contributed by atoms with van der Waals surface area (Å²) in [5.41, 5.74) is 9.20. The zero-order valence-corrected chi connectivity index (χ0v) is 28.0. The normalized spacial score (nSPS) is 11.0. The Balaban J connectivity index is 1.50. The molecular weight excluding hydrogens is 680 g/mol. The van der Waals surface area contributed by atoms with E-state index in [4.69, 9.17) is 10.5 Å². The second-order valence-corrected chi connectivity index (χ2v) is 13.3. The van der Waals surface area contributed by atoms with E-state index in [1.165, 1.54) is 43.6 Å². The van der Waals surface area contributed by atoms with E-state index >= 15 is 0 Å². The van der Waals surface area contributed by atoms with E-state index in [9.17, 15) is 18.0 Å². The number of hydrogen-bond donors (Lipinski definition) is 3. The molecule has 2 amide bonds. The van der Waals surface area contributed by atoms with Gasteiger partial charge in [0, 0.05) is 51.9 Å². The Kier molecular flexibility index (Phi) is 10.2. The number of alkyl halides is 1. The van der Waals surface area contributed by atoms with Gasteiger partial charge in [-0.3, -0.25) is 14.6 Å². The number of aromatic nitrogens is 1. The van der Waals surface area contributed by atoms with Gasteiger partial charge < -0.3 is 21.1 Å². The molecular formula is C36H31BrN4O5S. The first-order valence-electron chi connectivity index (χ1n) is 14.6. The molecule has 238 valence electrons. The van der Waals surface area contributed by atoms with Crippen molar-refractivity contribution in [3.05, 3.63) is 113 Å². The van der Waals surface area contributed by atoms with Crippen LogP contribution in [0.3, 0.4) is 0 Å². The van der Waals surface area contributed by atoms with Gasteiger partial charge in [-0.1, -0.05) is 46.0 Å². The van der Waals surface area contributed by atoms with E-state index in [1.54, 1.807) is 55.5 Å². The molecule has 4 aromatic carbocycles. The number of fused-ring (bicyclic) bond motifs is 1. The lowest BCUT2D eigenvalue weighted by Gasteiger charge is -2.16. The van der Waals surface area contributed by atoms with Crippen molar-refractivity contribution in [2.24, 2.45) is 5.73 Å². The third-order valence-electron chi connectivity index (χ3n) is 7.25. The van der Waals surface area contributed by atoms with Crippen LogP contribution in [0.15, 0.2) is 101 Å². The number of sulfone groups is 1. The number of pyridine rings is 1. The van der Waals surface area contributed by atoms with Crippen LogP contribution in [0.4, 0.5) is 17.1 Å². The predicted molar refractivity (Wildman–Crippen MR) is 187 cm³/mol. The first-order valence-corrected chi connectivity index (χ1v) is 17.2. The summed E-state index contributed by atoms with van der Waals surface area (Å²) in [4.78, 5) is 30.0. The van der Waals surface area contributed by atoms with Crippen LogP contribution in [0.1, 0.15) is 44.7 Å². The van der Waals surface area contributed by atoms with Gasteiger partial charge in [0.15, 0.2) is 0 Å². The summed E-state index contributed by atoms with van der Waals surface area (Å²) in [6.07, 6.45) is 3.06. The maximum atomic E-state index is 14.0. The van der Waals surface area contributed by atoms with Crippen molar-refractivity contribution in [2.75, 3.05) is 23.1 Å². The zero-order valence-electron chi connectivity index (χ0n) is 25.6. The number of methoxy groups -OCH3 is 1. The Morgan fingerprint density at radius 2 is 1.72 bits per heavy atom. The van der Waals surface area contributed by atoms with Crippen molar-refractivity contribution in [1.29, 1.82) is 0 Å². The van der Waals surface area contributed by atoms with E-state index in [2.05, 4.69) is 43.4 Å². The van der Waals surface area contributed by atoms with Crippen molar-refractivity contribution in [1.82, 2.24) is 4.98 Å². The maximum absolute atomic E-state index is 14.0. The number of unbranched alkanes of at least 4 members (excludes halogenated alkanes) is 1. The SMILES string of the molecule is COc1cccc(Nc2c(C(N)=O)cnc3c(C)cc(S(=O)(=O)c4cccc(C(=O)Nc5cccc(C#CCCCBr)c5)c4)cc23)c1. The Morgan fingerprint density at radius 3 is 2.49 bits per heavy atom. The first-order chi connectivity index (χ1) is 22.6. The van der Waals surface area contributed by atoms with Crippen LogP contribution in [0.25, 0.3) is 10.9 Å². The van der Waals surface area contributed by atoms with Crippen LogP contribution >= 0.6 is 15.9 Å². The number of amides is 2. The summed E-state index contributed by atoms with van der Waals surface area (Å²) in [5, 5.41) is 7.29. The maximum Gasteiger partial charge on any atom is 0.255 e. The lowest BCUT2D eigenvalue weighted by atomic mass is 10.1. The number of anilines is 3. The molecule has 0 saturated carbocycles. The van der Waals surface area contributed by atoms with Gasteiger partial charge in [-0.25, -0.2) is 8.42 Å². The topological polar surface area (TPSA) is 140 Å². The summed E-state index contributed by atoms with van der Waals surface area (Å²) in [5.74, 6) is 5.57. The molecule has 11 heteroatoms. The van der Waals surface area contributed by atoms with Crippen molar-refractivity contribution >= 4 is 65.5 Å². The molecule has 5 rings (SSSR count). The van der Waals surface area contributed by atoms with Gasteiger partial charge in [0.05, 0.1) is 33.7 Å². The summed E-state index contributed by atoms with van der Waals surface area (Å²) >= 11 is 3.39. The van der Waals surface area contributed by atoms with Crippen LogP contribution in [-0.4, -0.2) is 37.7 Å². The van der Waals surface area contributed by atoms with Gasteiger partial charge in [0.1, 0.15) is 5.75 Å². The molecule has 0 saturated heterocycles. The Labute approximate surface area is 281 Å². The second kappa shape index (κ2) is 14.5. The molecule has 0 aliphatic rings. The quantitative estimate of drug-likeness (QED) is 0.0805. The summed E-state index contributed by atoms with van der Waals surface area (Å²) in [6, 6.07) is 23.0. The highest BCUT2D eigenvalue weighted by molar-refractivity contribution is 9.09. The van der Waals surface area contributed by atoms with Gasteiger partial charge in [-0.15, -0.1) is 0 Å². The molecule has 9 nitrogen and oxygen atoms in total. The van der Waals surface area contributed by atoms with Crippen LogP contribution in [0.2, 0.25) is 0 Å². The highest BCUT2D eigenvalue weighted by atomic mass is 79.9. The van der Waals surface area contributed by atoms with Crippen molar-refractivity contribution in [3.8, 4) is 17.6 Å². The number of hydrogen-bond acceptors (Lipinski definition) is 7. The standard InChI is InChI=1S/C36H31BrN4O5S/c1-23-17-30(21-31-33(23)39-22-32(35(38)42)34(31)40-27-13-8-14-28(20-27)46-2)47(44,45)29-15-7-11-25(19-29)36(43)41-26-12-6-10-24(18-26)9-4-3-5-16-37/h6-8,10-15,17-22H,3,5,16H2,1-2H3,(H2,38,42)(H,39,40)(H,41,43). The number of carbonyl (C=O) groups is 2. The fourth-order valence-electron chi connectivity index (χ4n) is 4.91. The van der Waals surface area contributed by atoms with Gasteiger partial charge in [-0.05, 0) is 79.6 Å². The van der Waals surface area contributed by atoms with Crippen molar-refractivity contribution in [3.63, 3.8) is 0 Å². The molecule has 0 aliphatic carbocycles. The smallest absolute Gasteiger partial charge is 0.255 e. The number of carbonyl (C=O) groups excluding carboxylic acids is 2. The number of nitrogens with one attached hydrogen (secondary N) is 2. The molecule has 1 aromatic heterocycles. The molecule has 0 spiro atoms. The van der Waals surface area contributed by atoms with E-state index in [0.29, 0.717) is 39.3 Å². The molecule has 4 N–H and O–H groups in total. The Bertz CT molecular complexity index is 2170. The molecule has 47 heavy (non-hydrogen) atoms. The lowest BCUT2D eigenvalue weighted by Crippen LogP contribution is -2.15. The number of rotatable bonds is 10. The van der Waals surface area contributed by atoms with E-state index in [-0.39, 0.29) is 20.9 Å². The summed E-state index contributed by atoms with van der Waals surface area (Å²) < 4.78 is 33.4. The number of ether oxygens (including phenoxy) is 1. The Morgan fingerprint density at radius 1 is 0.957 bits per heavy atom. The molecule has 1 heterocycles. The van der Waals surface area contributed by atoms with Gasteiger partial charge in [-0.2, -0.15) is 0 Å². The summed E-state index contributed by atoms with van der Waals surface area (Å²) in [7, 11) is -2.59. The van der Waals surface area contributed by atoms with E-state index in [1.807, 2.05) is 6.07 Å². The van der Waals surface area contributed by atoms with Crippen molar-refractivity contribution < 1.29 is 22.7 Å². The van der Waals surface area contributed by atoms with Gasteiger partial charge >= 0.3 is 0 Å². The van der Waals surface area contributed by atoms with Crippen LogP contribution < -0.4 is 21.1 Å². The molecule has 0 bridgehead atoms. The molecule has 5 aromatic rings. The van der Waals surface area contributed by atoms with Crippen molar-refractivity contribution in [2.45, 2.75) is 29.6 Å². The van der Waals surface area contributed by atoms with E-state index < -0.39 is 21.7 Å². The van der Waals surface area contributed by atoms with Gasteiger partial charge in [0.2, 0.25) is 9.84 Å². The molecule has 0 radical (unpaired) electrons. The number of benzene rings is 4. The first kappa shape index (κ1) is 33.2. The minimum atomic E-state index is -4.13. The number of primary amides is 1. The average Bonchev–Trinajstić information content (AvgIpc) is 3.07. The zero-order chi connectivity index (χ0) is 33.6. The minimum absolute atomic E-state index is 0.0386. The van der Waals surface area contributed by atoms with Gasteiger partial charge in [0.25, 0.3) is 11.8 Å². The molecule has 0 unspecified atom stereocenters. The Hall–Kier alpha value is -5.18. The number of nitrogens with two attached hydrogens (primary N) is 1. The van der Waals surface area contributed by atoms with Crippen LogP contribution in [-0.2, 0) is 9.84 Å². The molecule has 0 aliphatic heterocycles. The predicted octanol–water partition coefficient (Wildman–Crippen LogP) is 7.01. The number of nitrogens with zero attached hydrogens (tertiary/aromatic N) is 1. The fourth-order valence-corrected chi connectivity index (χ4v) is 6.60. The fraction of sp³-hybridized carbons (Fsp3) is 0.139. The number of halogens is 1. The molecule has 0 atom stereocenters. The third-order valence-corrected chi connectivity index (χ3v) is 9.54. The lowest BCUT2D eigenvalue weighted by molar-refractivity contribution is 0.0998. The molecule has 0 fully saturated rings. The monoisotopic (exact) mass is 710 g/mol. The second-order valence-electron chi connectivity index (χ2n) is 10.6. The third kappa shape index (κ3) is 7.62. The average molecular weight is 712 g/mol. The van der Waals surface area contributed by atoms with E-state index in [0.717, 1.165) is 23.7 Å². The highest BCUT2D eigenvalue weighted by Crippen LogP contribution is 2.35. The minimum Gasteiger partial charge on any atom is -0.497 e.